The first-order chi connectivity index (χ1) is 7.79. The van der Waals surface area contributed by atoms with Crippen molar-refractivity contribution in [2.45, 2.75) is 19.3 Å². The maximum absolute atomic E-state index is 8.71. The van der Waals surface area contributed by atoms with Crippen LogP contribution in [0.15, 0.2) is 21.3 Å². The first-order valence-corrected chi connectivity index (χ1v) is 7.59. The van der Waals surface area contributed by atoms with E-state index in [1.807, 2.05) is 6.07 Å². The first-order valence-electron chi connectivity index (χ1n) is 5.10. The van der Waals surface area contributed by atoms with Crippen molar-refractivity contribution in [3.63, 3.8) is 0 Å². The molecular weight excluding hydrogens is 306 g/mol. The van der Waals surface area contributed by atoms with Gasteiger partial charge in [0.15, 0.2) is 0 Å². The number of hydrogen-bond donors (Lipinski definition) is 1. The third-order valence-corrected chi connectivity index (χ3v) is 4.73. The molecule has 16 heavy (non-hydrogen) atoms. The van der Waals surface area contributed by atoms with Gasteiger partial charge in [-0.2, -0.15) is 0 Å². The second-order valence-corrected chi connectivity index (χ2v) is 6.82. The van der Waals surface area contributed by atoms with E-state index in [1.165, 1.54) is 4.88 Å². The van der Waals surface area contributed by atoms with Gasteiger partial charge in [-0.3, -0.25) is 0 Å². The largest absolute Gasteiger partial charge is 0.396 e. The number of aliphatic hydroxyl groups excluding tert-OH is 1. The van der Waals surface area contributed by atoms with Crippen LogP contribution in [-0.4, -0.2) is 16.7 Å². The van der Waals surface area contributed by atoms with Crippen molar-refractivity contribution >= 4 is 38.6 Å². The van der Waals surface area contributed by atoms with E-state index in [1.54, 1.807) is 22.7 Å². The molecule has 0 radical (unpaired) electrons. The zero-order valence-corrected chi connectivity index (χ0v) is 11.9. The van der Waals surface area contributed by atoms with Crippen molar-refractivity contribution < 1.29 is 5.11 Å². The Hall–Kier alpha value is -0.230. The molecule has 0 fully saturated rings. The minimum Gasteiger partial charge on any atom is -0.396 e. The molecule has 0 aliphatic carbocycles. The minimum absolute atomic E-state index is 0.274. The summed E-state index contributed by atoms with van der Waals surface area (Å²) in [5, 5.41) is 12.0. The lowest BCUT2D eigenvalue weighted by Crippen LogP contribution is -1.87. The van der Waals surface area contributed by atoms with Gasteiger partial charge in [0.1, 0.15) is 0 Å². The minimum atomic E-state index is 0.274. The van der Waals surface area contributed by atoms with Gasteiger partial charge in [0.05, 0.1) is 19.4 Å². The van der Waals surface area contributed by atoms with Crippen LogP contribution < -0.4 is 0 Å². The summed E-state index contributed by atoms with van der Waals surface area (Å²) in [7, 11) is 0. The van der Waals surface area contributed by atoms with Crippen LogP contribution in [-0.2, 0) is 6.42 Å². The fraction of sp³-hybridized carbons (Fsp3) is 0.364. The second-order valence-electron chi connectivity index (χ2n) is 3.41. The smallest absolute Gasteiger partial charge is 0.0932 e. The van der Waals surface area contributed by atoms with Crippen molar-refractivity contribution in [1.29, 1.82) is 0 Å². The molecule has 2 heterocycles. The Balaban J connectivity index is 2.02. The molecule has 0 bridgehead atoms. The number of thiazole rings is 1. The molecule has 0 saturated carbocycles. The average Bonchev–Trinajstić information content (AvgIpc) is 2.87. The number of nitrogens with zero attached hydrogens (tertiary/aromatic N) is 1. The lowest BCUT2D eigenvalue weighted by molar-refractivity contribution is 0.284. The lowest BCUT2D eigenvalue weighted by atomic mass is 10.2. The molecule has 0 atom stereocenters. The van der Waals surface area contributed by atoms with Gasteiger partial charge in [-0.25, -0.2) is 4.98 Å². The Morgan fingerprint density at radius 3 is 2.88 bits per heavy atom. The normalized spacial score (nSPS) is 10.9. The highest BCUT2D eigenvalue weighted by Gasteiger charge is 2.06. The Bertz CT molecular complexity index is 452. The van der Waals surface area contributed by atoms with E-state index < -0.39 is 0 Å². The molecular formula is C11H12BrNOS2. The van der Waals surface area contributed by atoms with Gasteiger partial charge in [0.2, 0.25) is 0 Å². The fourth-order valence-electron chi connectivity index (χ4n) is 1.38. The van der Waals surface area contributed by atoms with E-state index in [4.69, 9.17) is 5.11 Å². The molecule has 1 N–H and O–H groups in total. The number of thiophene rings is 1. The molecule has 0 saturated heterocycles. The van der Waals surface area contributed by atoms with Gasteiger partial charge >= 0.3 is 0 Å². The lowest BCUT2D eigenvalue weighted by Gasteiger charge is -1.93. The number of halogens is 1. The molecule has 0 aliphatic heterocycles. The second kappa shape index (κ2) is 5.91. The number of rotatable bonds is 5. The van der Waals surface area contributed by atoms with Gasteiger partial charge in [0.25, 0.3) is 0 Å². The molecule has 5 heteroatoms. The van der Waals surface area contributed by atoms with Crippen LogP contribution in [0.5, 0.6) is 0 Å². The standard InChI is InChI=1S/C11H12BrNOS2/c12-10-5-4-9(16-10)8-7-15-11(13-8)3-1-2-6-14/h4-5,7,14H,1-3,6H2. The molecule has 0 aromatic carbocycles. The Kier molecular flexibility index (Phi) is 4.52. The number of hydrogen-bond acceptors (Lipinski definition) is 4. The predicted molar refractivity (Wildman–Crippen MR) is 73.2 cm³/mol. The molecule has 2 nitrogen and oxygen atoms in total. The summed E-state index contributed by atoms with van der Waals surface area (Å²) >= 11 is 6.86. The maximum atomic E-state index is 8.71. The van der Waals surface area contributed by atoms with E-state index >= 15 is 0 Å². The molecule has 2 rings (SSSR count). The van der Waals surface area contributed by atoms with E-state index in [9.17, 15) is 0 Å². The van der Waals surface area contributed by atoms with Crippen LogP contribution in [0.4, 0.5) is 0 Å². The Labute approximate surface area is 111 Å². The van der Waals surface area contributed by atoms with Gasteiger partial charge in [-0.05, 0) is 47.3 Å². The highest BCUT2D eigenvalue weighted by atomic mass is 79.9. The van der Waals surface area contributed by atoms with Crippen molar-refractivity contribution in [3.8, 4) is 10.6 Å². The summed E-state index contributed by atoms with van der Waals surface area (Å²) in [6.07, 6.45) is 2.84. The zero-order valence-electron chi connectivity index (χ0n) is 8.65. The quantitative estimate of drug-likeness (QED) is 0.847. The van der Waals surface area contributed by atoms with Crippen LogP contribution in [0.2, 0.25) is 0 Å². The molecule has 2 aromatic rings. The number of unbranched alkanes of at least 4 members (excludes halogenated alkanes) is 1. The first kappa shape index (κ1) is 12.2. The highest BCUT2D eigenvalue weighted by Crippen LogP contribution is 2.32. The van der Waals surface area contributed by atoms with E-state index in [0.717, 1.165) is 33.8 Å². The van der Waals surface area contributed by atoms with Crippen LogP contribution >= 0.6 is 38.6 Å². The molecule has 0 aliphatic rings. The summed E-state index contributed by atoms with van der Waals surface area (Å²) in [6, 6.07) is 4.13. The number of aromatic nitrogens is 1. The topological polar surface area (TPSA) is 33.1 Å². The van der Waals surface area contributed by atoms with E-state index in [0.29, 0.717) is 0 Å². The molecule has 0 spiro atoms. The van der Waals surface area contributed by atoms with Gasteiger partial charge in [0, 0.05) is 12.0 Å². The van der Waals surface area contributed by atoms with Crippen LogP contribution in [0.1, 0.15) is 17.8 Å². The fourth-order valence-corrected chi connectivity index (χ4v) is 3.64. The van der Waals surface area contributed by atoms with Crippen LogP contribution in [0.3, 0.4) is 0 Å². The highest BCUT2D eigenvalue weighted by molar-refractivity contribution is 9.11. The van der Waals surface area contributed by atoms with Crippen LogP contribution in [0.25, 0.3) is 10.6 Å². The molecule has 0 unspecified atom stereocenters. The van der Waals surface area contributed by atoms with Crippen molar-refractivity contribution in [2.75, 3.05) is 6.61 Å². The Morgan fingerprint density at radius 2 is 2.19 bits per heavy atom. The third kappa shape index (κ3) is 3.13. The molecule has 2 aromatic heterocycles. The summed E-state index contributed by atoms with van der Waals surface area (Å²) < 4.78 is 1.14. The zero-order chi connectivity index (χ0) is 11.4. The molecule has 0 amide bonds. The van der Waals surface area contributed by atoms with Crippen molar-refractivity contribution in [1.82, 2.24) is 4.98 Å². The SMILES string of the molecule is OCCCCc1nc(-c2ccc(Br)s2)cs1. The average molecular weight is 318 g/mol. The summed E-state index contributed by atoms with van der Waals surface area (Å²) in [4.78, 5) is 5.80. The third-order valence-electron chi connectivity index (χ3n) is 2.18. The van der Waals surface area contributed by atoms with Gasteiger partial charge in [-0.1, -0.05) is 0 Å². The van der Waals surface area contributed by atoms with Crippen LogP contribution in [0, 0.1) is 0 Å². The van der Waals surface area contributed by atoms with Crippen molar-refractivity contribution in [2.24, 2.45) is 0 Å². The number of aliphatic hydroxyl groups is 1. The van der Waals surface area contributed by atoms with Gasteiger partial charge in [-0.15, -0.1) is 22.7 Å². The summed E-state index contributed by atoms with van der Waals surface area (Å²) in [6.45, 7) is 0.274. The number of aryl methyl sites for hydroxylation is 1. The van der Waals surface area contributed by atoms with E-state index in [2.05, 4.69) is 32.4 Å². The summed E-state index contributed by atoms with van der Waals surface area (Å²) in [5.74, 6) is 0. The van der Waals surface area contributed by atoms with Gasteiger partial charge < -0.3 is 5.11 Å². The Morgan fingerprint density at radius 1 is 1.31 bits per heavy atom. The summed E-state index contributed by atoms with van der Waals surface area (Å²) in [5.41, 5.74) is 1.07. The molecule has 86 valence electrons. The van der Waals surface area contributed by atoms with Crippen molar-refractivity contribution in [3.05, 3.63) is 26.3 Å². The maximum Gasteiger partial charge on any atom is 0.0932 e. The predicted octanol–water partition coefficient (Wildman–Crippen LogP) is 3.95. The van der Waals surface area contributed by atoms with E-state index in [-0.39, 0.29) is 6.61 Å². The monoisotopic (exact) mass is 317 g/mol.